The summed E-state index contributed by atoms with van der Waals surface area (Å²) in [6, 6.07) is 5.38. The molecule has 3 aromatic rings. The predicted molar refractivity (Wildman–Crippen MR) is 152 cm³/mol. The van der Waals surface area contributed by atoms with Gasteiger partial charge in [-0.1, -0.05) is 30.1 Å². The van der Waals surface area contributed by atoms with Gasteiger partial charge in [0.25, 0.3) is 0 Å². The molecule has 1 saturated heterocycles. The maximum absolute atomic E-state index is 6.66. The fourth-order valence-electron chi connectivity index (χ4n) is 4.26. The van der Waals surface area contributed by atoms with E-state index in [0.29, 0.717) is 51.7 Å². The Bertz CT molecular complexity index is 1170. The van der Waals surface area contributed by atoms with Crippen LogP contribution in [-0.4, -0.2) is 62.7 Å². The smallest absolute Gasteiger partial charge is 0.141 e. The second-order valence-corrected chi connectivity index (χ2v) is 9.56. The Kier molecular flexibility index (Phi) is 10.5. The number of halogens is 2. The molecule has 1 aromatic carbocycles. The largest absolute Gasteiger partial charge is 0.495 e. The number of methoxy groups -OCH3 is 2. The number of rotatable bonds is 7. The van der Waals surface area contributed by atoms with Crippen LogP contribution in [0.5, 0.6) is 11.5 Å². The molecule has 8 nitrogen and oxygen atoms in total. The van der Waals surface area contributed by atoms with Crippen LogP contribution in [0.2, 0.25) is 10.0 Å². The number of nitrogens with two attached hydrogens (primary N) is 1. The van der Waals surface area contributed by atoms with Crippen LogP contribution in [-0.2, 0) is 9.47 Å². The van der Waals surface area contributed by atoms with Crippen LogP contribution in [0.15, 0.2) is 24.4 Å². The van der Waals surface area contributed by atoms with E-state index < -0.39 is 0 Å². The molecule has 2 N–H and O–H groups in total. The number of nitrogens with zero attached hydrogens (tertiary/aromatic N) is 3. The van der Waals surface area contributed by atoms with E-state index in [0.717, 1.165) is 36.2 Å². The zero-order valence-electron chi connectivity index (χ0n) is 22.3. The highest BCUT2D eigenvalue weighted by molar-refractivity contribution is 6.41. The highest BCUT2D eigenvalue weighted by atomic mass is 35.5. The average molecular weight is 552 g/mol. The van der Waals surface area contributed by atoms with Crippen LogP contribution in [0.4, 0.5) is 11.6 Å². The van der Waals surface area contributed by atoms with E-state index in [4.69, 9.17) is 52.9 Å². The molecule has 0 amide bonds. The van der Waals surface area contributed by atoms with E-state index in [-0.39, 0.29) is 12.2 Å². The maximum atomic E-state index is 6.66. The van der Waals surface area contributed by atoms with Crippen molar-refractivity contribution in [3.63, 3.8) is 0 Å². The molecule has 2 unspecified atom stereocenters. The van der Waals surface area contributed by atoms with Crippen LogP contribution in [0.1, 0.15) is 34.1 Å². The first-order valence-electron chi connectivity index (χ1n) is 12.4. The topological polar surface area (TPSA) is 92.0 Å². The van der Waals surface area contributed by atoms with Gasteiger partial charge in [0.15, 0.2) is 0 Å². The average Bonchev–Trinajstić information content (AvgIpc) is 2.87. The summed E-state index contributed by atoms with van der Waals surface area (Å²) in [6.45, 7) is 11.4. The fraction of sp³-hybridized carbons (Fsp3) is 0.481. The highest BCUT2D eigenvalue weighted by Gasteiger charge is 2.27. The number of hydrogen-bond acceptors (Lipinski definition) is 8. The number of hydrogen-bond donors (Lipinski definition) is 1. The second-order valence-electron chi connectivity index (χ2n) is 8.80. The lowest BCUT2D eigenvalue weighted by Gasteiger charge is -2.36. The van der Waals surface area contributed by atoms with Gasteiger partial charge in [0, 0.05) is 54.9 Å². The van der Waals surface area contributed by atoms with E-state index in [1.54, 1.807) is 26.5 Å². The molecule has 0 radical (unpaired) electrons. The summed E-state index contributed by atoms with van der Waals surface area (Å²) < 4.78 is 21.7. The number of aromatic nitrogens is 2. The van der Waals surface area contributed by atoms with Crippen LogP contribution >= 0.6 is 23.2 Å². The molecule has 0 saturated carbocycles. The van der Waals surface area contributed by atoms with Gasteiger partial charge in [-0.15, -0.1) is 0 Å². The minimum Gasteiger partial charge on any atom is -0.495 e. The Hall–Kier alpha value is -2.52. The van der Waals surface area contributed by atoms with E-state index in [9.17, 15) is 0 Å². The zero-order valence-corrected chi connectivity index (χ0v) is 23.8. The number of benzene rings is 1. The molecule has 1 aliphatic heterocycles. The number of anilines is 2. The third kappa shape index (κ3) is 6.87. The van der Waals surface area contributed by atoms with Gasteiger partial charge in [-0.25, -0.2) is 9.97 Å². The third-order valence-electron chi connectivity index (χ3n) is 5.82. The molecule has 0 bridgehead atoms. The van der Waals surface area contributed by atoms with Crippen LogP contribution in [0.3, 0.4) is 0 Å². The molecule has 2 aromatic heterocycles. The van der Waals surface area contributed by atoms with Gasteiger partial charge < -0.3 is 29.6 Å². The van der Waals surface area contributed by atoms with E-state index in [2.05, 4.69) is 16.8 Å². The summed E-state index contributed by atoms with van der Waals surface area (Å²) >= 11 is 13.3. The Labute approximate surface area is 229 Å². The molecular weight excluding hydrogens is 515 g/mol. The Morgan fingerprint density at radius 3 is 2.16 bits per heavy atom. The SMILES string of the molecule is CCCOCC.COc1cc(OC)c(Cl)c(-c2cc3cnc(N)cc3c(N3CC(C)OC(C)C3)n2)c1Cl. The van der Waals surface area contributed by atoms with Crippen molar-refractivity contribution in [3.05, 3.63) is 34.4 Å². The van der Waals surface area contributed by atoms with Crippen molar-refractivity contribution >= 4 is 45.6 Å². The Morgan fingerprint density at radius 2 is 1.65 bits per heavy atom. The summed E-state index contributed by atoms with van der Waals surface area (Å²) in [7, 11) is 3.08. The summed E-state index contributed by atoms with van der Waals surface area (Å²) in [5.74, 6) is 2.10. The first-order chi connectivity index (χ1) is 17.7. The molecule has 0 spiro atoms. The van der Waals surface area contributed by atoms with E-state index in [1.165, 1.54) is 0 Å². The first kappa shape index (κ1) is 29.0. The number of morpholine rings is 1. The molecule has 3 heterocycles. The summed E-state index contributed by atoms with van der Waals surface area (Å²) in [6.07, 6.45) is 2.99. The Morgan fingerprint density at radius 1 is 1.03 bits per heavy atom. The van der Waals surface area contributed by atoms with Crippen molar-refractivity contribution < 1.29 is 18.9 Å². The number of ether oxygens (including phenoxy) is 4. The van der Waals surface area contributed by atoms with Gasteiger partial charge in [-0.05, 0) is 39.3 Å². The molecule has 1 aliphatic rings. The standard InChI is InChI=1S/C22H24Cl2N4O3.C5H12O/c1-11-9-28(10-12(2)31-11)22-14-6-18(25)26-8-13(14)5-15(27-22)19-20(23)16(29-3)7-17(30-4)21(19)24;1-3-5-6-4-2/h5-8,11-12H,9-10H2,1-4H3,(H2,25,26);3-5H2,1-2H3. The maximum Gasteiger partial charge on any atom is 0.141 e. The number of pyridine rings is 2. The van der Waals surface area contributed by atoms with Crippen molar-refractivity contribution in [2.24, 2.45) is 0 Å². The lowest BCUT2D eigenvalue weighted by molar-refractivity contribution is -0.00536. The zero-order chi connectivity index (χ0) is 27.1. The quantitative estimate of drug-likeness (QED) is 0.345. The molecular formula is C27H36Cl2N4O4. The van der Waals surface area contributed by atoms with Gasteiger partial charge in [-0.2, -0.15) is 0 Å². The number of fused-ring (bicyclic) bond motifs is 1. The van der Waals surface area contributed by atoms with Crippen LogP contribution in [0, 0.1) is 0 Å². The molecule has 37 heavy (non-hydrogen) atoms. The normalized spacial score (nSPS) is 17.4. The first-order valence-corrected chi connectivity index (χ1v) is 13.1. The summed E-state index contributed by atoms with van der Waals surface area (Å²) in [5.41, 5.74) is 7.12. The van der Waals surface area contributed by atoms with Crippen molar-refractivity contribution in [2.45, 2.75) is 46.3 Å². The molecule has 202 valence electrons. The lowest BCUT2D eigenvalue weighted by Crippen LogP contribution is -2.46. The van der Waals surface area contributed by atoms with Crippen LogP contribution < -0.4 is 20.1 Å². The highest BCUT2D eigenvalue weighted by Crippen LogP contribution is 2.46. The lowest BCUT2D eigenvalue weighted by atomic mass is 10.1. The third-order valence-corrected chi connectivity index (χ3v) is 6.57. The van der Waals surface area contributed by atoms with Crippen molar-refractivity contribution in [3.8, 4) is 22.8 Å². The molecule has 10 heteroatoms. The van der Waals surface area contributed by atoms with Gasteiger partial charge in [0.05, 0.1) is 42.2 Å². The predicted octanol–water partition coefficient (Wildman–Crippen LogP) is 6.25. The summed E-state index contributed by atoms with van der Waals surface area (Å²) in [5, 5.41) is 2.49. The van der Waals surface area contributed by atoms with Crippen molar-refractivity contribution in [2.75, 3.05) is 51.2 Å². The minimum atomic E-state index is 0.0625. The van der Waals surface area contributed by atoms with Gasteiger partial charge in [-0.3, -0.25) is 0 Å². The van der Waals surface area contributed by atoms with Crippen molar-refractivity contribution in [1.29, 1.82) is 0 Å². The molecule has 4 rings (SSSR count). The number of nitrogen functional groups attached to an aromatic ring is 1. The molecule has 0 aliphatic carbocycles. The second kappa shape index (κ2) is 13.3. The monoisotopic (exact) mass is 550 g/mol. The molecule has 2 atom stereocenters. The fourth-order valence-corrected chi connectivity index (χ4v) is 4.96. The van der Waals surface area contributed by atoms with Crippen LogP contribution in [0.25, 0.3) is 22.0 Å². The van der Waals surface area contributed by atoms with Gasteiger partial charge in [0.2, 0.25) is 0 Å². The van der Waals surface area contributed by atoms with E-state index in [1.807, 2.05) is 32.9 Å². The Balaban J connectivity index is 0.000000568. The van der Waals surface area contributed by atoms with E-state index >= 15 is 0 Å². The van der Waals surface area contributed by atoms with Gasteiger partial charge >= 0.3 is 0 Å². The minimum absolute atomic E-state index is 0.0625. The molecule has 1 fully saturated rings. The van der Waals surface area contributed by atoms with Crippen molar-refractivity contribution in [1.82, 2.24) is 9.97 Å². The van der Waals surface area contributed by atoms with Gasteiger partial charge in [0.1, 0.15) is 23.1 Å². The summed E-state index contributed by atoms with van der Waals surface area (Å²) in [4.78, 5) is 11.4.